The van der Waals surface area contributed by atoms with Crippen LogP contribution in [0.3, 0.4) is 0 Å². The van der Waals surface area contributed by atoms with Crippen molar-refractivity contribution in [2.24, 2.45) is 0 Å². The summed E-state index contributed by atoms with van der Waals surface area (Å²) in [6.07, 6.45) is 2.10. The molecule has 10 heteroatoms. The molecule has 0 fully saturated rings. The quantitative estimate of drug-likeness (QED) is 0.218. The van der Waals surface area contributed by atoms with Gasteiger partial charge in [0.2, 0.25) is 0 Å². The normalized spacial score (nSPS) is 11.3. The Morgan fingerprint density at radius 2 is 0.650 bits per heavy atom. The zero-order valence-electron chi connectivity index (χ0n) is 22.0. The Morgan fingerprint density at radius 1 is 0.375 bits per heavy atom. The molecule has 3 N–H and O–H groups in total. The Bertz CT molecular complexity index is 1410. The fourth-order valence-corrected chi connectivity index (χ4v) is 4.80. The number of H-pyrrole nitrogens is 3. The molecule has 0 amide bonds. The molecule has 6 rings (SSSR count). The van der Waals surface area contributed by atoms with Crippen molar-refractivity contribution in [2.45, 2.75) is 38.9 Å². The second kappa shape index (κ2) is 12.3. The highest BCUT2D eigenvalue weighted by molar-refractivity contribution is 5.26. The molecule has 0 saturated carbocycles. The van der Waals surface area contributed by atoms with E-state index in [1.165, 1.54) is 16.7 Å². The minimum Gasteiger partial charge on any atom is -0.285 e. The molecular weight excluding hydrogens is 500 g/mol. The van der Waals surface area contributed by atoms with Crippen LogP contribution >= 0.6 is 0 Å². The number of hydrogen-bond donors (Lipinski definition) is 3. The van der Waals surface area contributed by atoms with Crippen LogP contribution in [-0.4, -0.2) is 51.1 Å². The molecule has 40 heavy (non-hydrogen) atoms. The second-order valence-electron chi connectivity index (χ2n) is 9.78. The molecule has 3 aromatic carbocycles. The first kappa shape index (κ1) is 25.3. The van der Waals surface area contributed by atoms with Crippen LogP contribution in [-0.2, 0) is 38.9 Å². The van der Waals surface area contributed by atoms with Crippen LogP contribution in [0.15, 0.2) is 91.0 Å². The third-order valence-corrected chi connectivity index (χ3v) is 6.87. The van der Waals surface area contributed by atoms with Gasteiger partial charge in [-0.15, -0.1) is 0 Å². The van der Waals surface area contributed by atoms with Gasteiger partial charge in [-0.3, -0.25) is 4.90 Å². The lowest BCUT2D eigenvalue weighted by atomic mass is 10.1. The van der Waals surface area contributed by atoms with Gasteiger partial charge in [-0.05, 0) is 16.7 Å². The van der Waals surface area contributed by atoms with Crippen LogP contribution < -0.4 is 0 Å². The topological polar surface area (TPSA) is 128 Å². The van der Waals surface area contributed by atoms with Crippen LogP contribution in [0.1, 0.15) is 50.9 Å². The summed E-state index contributed by atoms with van der Waals surface area (Å²) in [6.45, 7) is 1.69. The summed E-state index contributed by atoms with van der Waals surface area (Å²) in [5.74, 6) is 0. The molecule has 3 aromatic heterocycles. The maximum absolute atomic E-state index is 4.53. The van der Waals surface area contributed by atoms with E-state index in [0.717, 1.165) is 34.2 Å². The molecule has 0 spiro atoms. The fraction of sp³-hybridized carbons (Fsp3) is 0.200. The third kappa shape index (κ3) is 6.36. The van der Waals surface area contributed by atoms with Gasteiger partial charge in [-0.2, -0.15) is 46.2 Å². The standard InChI is InChI=1S/C30H30N10/c1-4-10-22(11-5-1)16-25-28(34-37-31-25)19-40(20-29-26(32-38-35-29)17-23-12-6-2-7-13-23)21-30-27(33-39-36-30)18-24-14-8-3-9-15-24/h1-15H,16-21H2,(H,31,34,37)(H,32,35,38)(H,33,36,39). The molecule has 0 aliphatic rings. The van der Waals surface area contributed by atoms with Gasteiger partial charge in [-0.1, -0.05) is 91.0 Å². The van der Waals surface area contributed by atoms with Crippen molar-refractivity contribution in [3.63, 3.8) is 0 Å². The third-order valence-electron chi connectivity index (χ3n) is 6.87. The molecule has 0 radical (unpaired) electrons. The van der Waals surface area contributed by atoms with E-state index >= 15 is 0 Å². The molecule has 0 unspecified atom stereocenters. The summed E-state index contributed by atoms with van der Waals surface area (Å²) < 4.78 is 0. The maximum atomic E-state index is 4.53. The minimum absolute atomic E-state index is 0.563. The lowest BCUT2D eigenvalue weighted by Gasteiger charge is -2.20. The second-order valence-corrected chi connectivity index (χ2v) is 9.78. The Morgan fingerprint density at radius 3 is 0.950 bits per heavy atom. The van der Waals surface area contributed by atoms with Gasteiger partial charge < -0.3 is 0 Å². The molecule has 0 saturated heterocycles. The molecule has 3 heterocycles. The molecule has 0 aliphatic carbocycles. The molecular formula is C30H30N10. The molecule has 10 nitrogen and oxygen atoms in total. The van der Waals surface area contributed by atoms with Crippen molar-refractivity contribution in [3.05, 3.63) is 142 Å². The maximum Gasteiger partial charge on any atom is 0.1000 e. The van der Waals surface area contributed by atoms with Gasteiger partial charge in [0.25, 0.3) is 0 Å². The van der Waals surface area contributed by atoms with Crippen molar-refractivity contribution in [2.75, 3.05) is 0 Å². The summed E-state index contributed by atoms with van der Waals surface area (Å²) in [7, 11) is 0. The average Bonchev–Trinajstić information content (AvgIpc) is 3.73. The van der Waals surface area contributed by atoms with Crippen molar-refractivity contribution >= 4 is 0 Å². The first-order valence-electron chi connectivity index (χ1n) is 13.3. The smallest absolute Gasteiger partial charge is 0.1000 e. The zero-order chi connectivity index (χ0) is 27.0. The van der Waals surface area contributed by atoms with Crippen LogP contribution in [0.4, 0.5) is 0 Å². The number of nitrogens with zero attached hydrogens (tertiary/aromatic N) is 7. The number of benzene rings is 3. The van der Waals surface area contributed by atoms with Crippen molar-refractivity contribution < 1.29 is 0 Å². The van der Waals surface area contributed by atoms with E-state index in [0.29, 0.717) is 38.9 Å². The fourth-order valence-electron chi connectivity index (χ4n) is 4.80. The number of nitrogens with one attached hydrogen (secondary N) is 3. The summed E-state index contributed by atoms with van der Waals surface area (Å²) in [5.41, 5.74) is 9.01. The van der Waals surface area contributed by atoms with Gasteiger partial charge in [-0.25, -0.2) is 0 Å². The Hall–Kier alpha value is -4.96. The Kier molecular flexibility index (Phi) is 7.77. The van der Waals surface area contributed by atoms with Crippen LogP contribution in [0.2, 0.25) is 0 Å². The highest BCUT2D eigenvalue weighted by atomic mass is 15.4. The highest BCUT2D eigenvalue weighted by Gasteiger charge is 2.21. The Balaban J connectivity index is 1.25. The lowest BCUT2D eigenvalue weighted by Crippen LogP contribution is -2.25. The van der Waals surface area contributed by atoms with Crippen LogP contribution in [0, 0.1) is 0 Å². The van der Waals surface area contributed by atoms with Crippen LogP contribution in [0.5, 0.6) is 0 Å². The SMILES string of the molecule is c1ccc(Cc2n[nH]nc2CN(Cc2n[nH]nc2Cc2ccccc2)Cc2n[nH]nc2Cc2ccccc2)cc1. The predicted octanol–water partition coefficient (Wildman–Crippen LogP) is 4.02. The van der Waals surface area contributed by atoms with Gasteiger partial charge in [0, 0.05) is 38.9 Å². The van der Waals surface area contributed by atoms with E-state index in [9.17, 15) is 0 Å². The molecule has 200 valence electrons. The van der Waals surface area contributed by atoms with Gasteiger partial charge in [0.1, 0.15) is 0 Å². The van der Waals surface area contributed by atoms with E-state index in [-0.39, 0.29) is 0 Å². The molecule has 0 bridgehead atoms. The molecule has 0 aliphatic heterocycles. The Labute approximate surface area is 231 Å². The summed E-state index contributed by atoms with van der Waals surface area (Å²) in [4.78, 5) is 2.27. The minimum atomic E-state index is 0.563. The molecule has 6 aromatic rings. The summed E-state index contributed by atoms with van der Waals surface area (Å²) in [6, 6.07) is 30.9. The predicted molar refractivity (Wildman–Crippen MR) is 150 cm³/mol. The van der Waals surface area contributed by atoms with Crippen molar-refractivity contribution in [1.29, 1.82) is 0 Å². The first-order valence-corrected chi connectivity index (χ1v) is 13.3. The van der Waals surface area contributed by atoms with Gasteiger partial charge in [0.05, 0.1) is 34.2 Å². The van der Waals surface area contributed by atoms with Crippen LogP contribution in [0.25, 0.3) is 0 Å². The van der Waals surface area contributed by atoms with E-state index in [4.69, 9.17) is 0 Å². The zero-order valence-corrected chi connectivity index (χ0v) is 22.0. The summed E-state index contributed by atoms with van der Waals surface area (Å²) >= 11 is 0. The number of hydrogen-bond acceptors (Lipinski definition) is 7. The van der Waals surface area contributed by atoms with Gasteiger partial charge in [0.15, 0.2) is 0 Å². The summed E-state index contributed by atoms with van der Waals surface area (Å²) in [5, 5.41) is 35.5. The lowest BCUT2D eigenvalue weighted by molar-refractivity contribution is 0.236. The highest BCUT2D eigenvalue weighted by Crippen LogP contribution is 2.19. The average molecular weight is 531 g/mol. The number of rotatable bonds is 12. The molecule has 0 atom stereocenters. The van der Waals surface area contributed by atoms with E-state index in [1.807, 2.05) is 54.6 Å². The number of aromatic nitrogens is 9. The first-order chi connectivity index (χ1) is 19.8. The number of aromatic amines is 3. The monoisotopic (exact) mass is 530 g/mol. The van der Waals surface area contributed by atoms with E-state index in [1.54, 1.807) is 0 Å². The van der Waals surface area contributed by atoms with Crippen molar-refractivity contribution in [3.8, 4) is 0 Å². The largest absolute Gasteiger partial charge is 0.285 e. The van der Waals surface area contributed by atoms with E-state index in [2.05, 4.69) is 87.5 Å². The van der Waals surface area contributed by atoms with E-state index < -0.39 is 0 Å². The van der Waals surface area contributed by atoms with Crippen molar-refractivity contribution in [1.82, 2.24) is 51.1 Å². The van der Waals surface area contributed by atoms with Gasteiger partial charge >= 0.3 is 0 Å².